The van der Waals surface area contributed by atoms with Crippen LogP contribution in [0, 0.1) is 6.92 Å². The molecule has 0 aliphatic carbocycles. The molecule has 0 amide bonds. The fourth-order valence-corrected chi connectivity index (χ4v) is 6.54. The van der Waals surface area contributed by atoms with Gasteiger partial charge >= 0.3 is 6.18 Å². The van der Waals surface area contributed by atoms with E-state index in [1.807, 2.05) is 59.2 Å². The SMILES string of the molecule is COCOc1ccc(-c2nc3c(c(C)nn3[C@H]3CCCCO3)c(C=O)c2N2CCN(Cc3ccccc3)C(CC(F)(F)F)C2)cc1. The van der Waals surface area contributed by atoms with Crippen LogP contribution in [0.1, 0.15) is 53.5 Å². The predicted octanol–water partition coefficient (Wildman–Crippen LogP) is 6.54. The molecule has 2 aromatic heterocycles. The smallest absolute Gasteiger partial charge is 0.390 e. The Morgan fingerprint density at radius 1 is 1.07 bits per heavy atom. The number of aryl methyl sites for hydroxylation is 1. The van der Waals surface area contributed by atoms with Gasteiger partial charge in [0.1, 0.15) is 5.75 Å². The Labute approximate surface area is 265 Å². The van der Waals surface area contributed by atoms with Gasteiger partial charge in [0.25, 0.3) is 0 Å². The van der Waals surface area contributed by atoms with E-state index in [1.54, 1.807) is 16.8 Å². The summed E-state index contributed by atoms with van der Waals surface area (Å²) >= 11 is 0. The molecule has 4 aromatic rings. The number of fused-ring (bicyclic) bond motifs is 1. The molecule has 6 rings (SSSR count). The van der Waals surface area contributed by atoms with E-state index < -0.39 is 18.6 Å². The highest BCUT2D eigenvalue weighted by Crippen LogP contribution is 2.41. The Morgan fingerprint density at radius 2 is 1.85 bits per heavy atom. The van der Waals surface area contributed by atoms with Crippen LogP contribution in [-0.4, -0.2) is 78.3 Å². The third-order valence-electron chi connectivity index (χ3n) is 8.66. The molecule has 2 aliphatic heterocycles. The predicted molar refractivity (Wildman–Crippen MR) is 168 cm³/mol. The van der Waals surface area contributed by atoms with Gasteiger partial charge in [0.05, 0.1) is 34.4 Å². The summed E-state index contributed by atoms with van der Waals surface area (Å²) < 4.78 is 60.3. The van der Waals surface area contributed by atoms with Crippen molar-refractivity contribution in [3.63, 3.8) is 0 Å². The molecule has 2 atom stereocenters. The summed E-state index contributed by atoms with van der Waals surface area (Å²) in [6, 6.07) is 15.9. The first-order valence-corrected chi connectivity index (χ1v) is 15.6. The van der Waals surface area contributed by atoms with E-state index in [4.69, 9.17) is 24.3 Å². The van der Waals surface area contributed by atoms with Gasteiger partial charge in [-0.15, -0.1) is 0 Å². The minimum Gasteiger partial charge on any atom is -0.468 e. The second-order valence-corrected chi connectivity index (χ2v) is 11.8. The topological polar surface area (TPSA) is 81.9 Å². The van der Waals surface area contributed by atoms with Gasteiger partial charge in [-0.2, -0.15) is 18.3 Å². The summed E-state index contributed by atoms with van der Waals surface area (Å²) in [6.45, 7) is 3.77. The number of benzene rings is 2. The number of aromatic nitrogens is 3. The van der Waals surface area contributed by atoms with Crippen LogP contribution in [0.4, 0.5) is 18.9 Å². The zero-order chi connectivity index (χ0) is 32.3. The Balaban J connectivity index is 1.46. The minimum absolute atomic E-state index is 0.0708. The maximum Gasteiger partial charge on any atom is 0.390 e. The van der Waals surface area contributed by atoms with E-state index in [0.29, 0.717) is 71.2 Å². The number of rotatable bonds is 10. The van der Waals surface area contributed by atoms with Crippen molar-refractivity contribution in [2.24, 2.45) is 0 Å². The molecule has 4 heterocycles. The number of ether oxygens (including phenoxy) is 3. The molecular weight excluding hydrogens is 599 g/mol. The number of aldehydes is 1. The number of carbonyl (C=O) groups excluding carboxylic acids is 1. The largest absolute Gasteiger partial charge is 0.468 e. The van der Waals surface area contributed by atoms with Crippen molar-refractivity contribution in [2.75, 3.05) is 45.0 Å². The van der Waals surface area contributed by atoms with E-state index in [9.17, 15) is 18.0 Å². The van der Waals surface area contributed by atoms with E-state index in [1.165, 1.54) is 7.11 Å². The monoisotopic (exact) mass is 637 g/mol. The summed E-state index contributed by atoms with van der Waals surface area (Å²) in [4.78, 5) is 21.9. The standard InChI is InChI=1S/C34H38F3N5O4/c1-23-30-28(21-43)32(41-16-15-40(19-24-8-4-3-5-9-24)26(20-41)18-34(35,36)37)31(25-11-13-27(14-12-25)46-22-44-2)38-33(30)42(39-23)29-10-6-7-17-45-29/h3-5,8-9,11-14,21,26,29H,6-7,10,15-20,22H2,1-2H3/t26?,29-/m1/s1. The first-order valence-electron chi connectivity index (χ1n) is 15.6. The quantitative estimate of drug-likeness (QED) is 0.143. The highest BCUT2D eigenvalue weighted by atomic mass is 19.4. The van der Waals surface area contributed by atoms with E-state index >= 15 is 0 Å². The van der Waals surface area contributed by atoms with Crippen molar-refractivity contribution in [3.8, 4) is 17.0 Å². The fourth-order valence-electron chi connectivity index (χ4n) is 6.54. The van der Waals surface area contributed by atoms with Crippen LogP contribution in [0.3, 0.4) is 0 Å². The molecule has 0 N–H and O–H groups in total. The zero-order valence-corrected chi connectivity index (χ0v) is 26.0. The van der Waals surface area contributed by atoms with Gasteiger partial charge in [-0.25, -0.2) is 9.67 Å². The Hall–Kier alpha value is -4.00. The van der Waals surface area contributed by atoms with Gasteiger partial charge < -0.3 is 19.1 Å². The number of hydrogen-bond donors (Lipinski definition) is 0. The number of nitrogens with zero attached hydrogens (tertiary/aromatic N) is 5. The average Bonchev–Trinajstić information content (AvgIpc) is 3.40. The normalized spacial score (nSPS) is 19.5. The van der Waals surface area contributed by atoms with Crippen molar-refractivity contribution in [2.45, 2.75) is 57.6 Å². The molecule has 0 radical (unpaired) electrons. The molecule has 2 saturated heterocycles. The second-order valence-electron chi connectivity index (χ2n) is 11.8. The molecular formula is C34H38F3N5O4. The number of piperazine rings is 1. The van der Waals surface area contributed by atoms with E-state index in [2.05, 4.69) is 0 Å². The third kappa shape index (κ3) is 6.89. The maximum absolute atomic E-state index is 14.0. The lowest BCUT2D eigenvalue weighted by Crippen LogP contribution is -2.54. The number of carbonyl (C=O) groups is 1. The summed E-state index contributed by atoms with van der Waals surface area (Å²) in [5, 5.41) is 5.36. The molecule has 12 heteroatoms. The van der Waals surface area contributed by atoms with Crippen LogP contribution < -0.4 is 9.64 Å². The van der Waals surface area contributed by atoms with Crippen LogP contribution in [-0.2, 0) is 16.0 Å². The summed E-state index contributed by atoms with van der Waals surface area (Å²) in [7, 11) is 1.54. The molecule has 9 nitrogen and oxygen atoms in total. The molecule has 1 unspecified atom stereocenters. The van der Waals surface area contributed by atoms with Crippen LogP contribution in [0.2, 0.25) is 0 Å². The number of hydrogen-bond acceptors (Lipinski definition) is 8. The van der Waals surface area contributed by atoms with Crippen molar-refractivity contribution in [3.05, 3.63) is 71.4 Å². The van der Waals surface area contributed by atoms with Crippen molar-refractivity contribution < 1.29 is 32.2 Å². The zero-order valence-electron chi connectivity index (χ0n) is 26.0. The Kier molecular flexibility index (Phi) is 9.57. The Morgan fingerprint density at radius 3 is 2.52 bits per heavy atom. The number of methoxy groups -OCH3 is 1. The van der Waals surface area contributed by atoms with Gasteiger partial charge in [0.2, 0.25) is 0 Å². The molecule has 244 valence electrons. The lowest BCUT2D eigenvalue weighted by atomic mass is 9.99. The lowest BCUT2D eigenvalue weighted by molar-refractivity contribution is -0.148. The number of pyridine rings is 1. The summed E-state index contributed by atoms with van der Waals surface area (Å²) in [5.41, 5.74) is 4.13. The van der Waals surface area contributed by atoms with E-state index in [-0.39, 0.29) is 19.6 Å². The van der Waals surface area contributed by atoms with Gasteiger partial charge in [-0.05, 0) is 56.0 Å². The van der Waals surface area contributed by atoms with Gasteiger partial charge in [-0.1, -0.05) is 30.3 Å². The van der Waals surface area contributed by atoms with Crippen LogP contribution >= 0.6 is 0 Å². The van der Waals surface area contributed by atoms with Crippen molar-refractivity contribution in [1.29, 1.82) is 0 Å². The molecule has 0 saturated carbocycles. The number of alkyl halides is 3. The Bertz CT molecular complexity index is 1640. The molecule has 2 fully saturated rings. The second kappa shape index (κ2) is 13.8. The number of halogens is 3. The lowest BCUT2D eigenvalue weighted by Gasteiger charge is -2.43. The minimum atomic E-state index is -4.36. The highest BCUT2D eigenvalue weighted by molar-refractivity contribution is 6.06. The fraction of sp³-hybridized carbons (Fsp3) is 0.441. The third-order valence-corrected chi connectivity index (χ3v) is 8.66. The molecule has 2 aromatic carbocycles. The number of anilines is 1. The first-order chi connectivity index (χ1) is 22.3. The molecule has 46 heavy (non-hydrogen) atoms. The molecule has 2 aliphatic rings. The van der Waals surface area contributed by atoms with Gasteiger partial charge in [-0.3, -0.25) is 9.69 Å². The van der Waals surface area contributed by atoms with Crippen molar-refractivity contribution in [1.82, 2.24) is 19.7 Å². The van der Waals surface area contributed by atoms with Crippen molar-refractivity contribution >= 4 is 23.0 Å². The van der Waals surface area contributed by atoms with Crippen LogP contribution in [0.25, 0.3) is 22.3 Å². The highest BCUT2D eigenvalue weighted by Gasteiger charge is 2.39. The summed E-state index contributed by atoms with van der Waals surface area (Å²) in [6.07, 6.45) is -2.17. The van der Waals surface area contributed by atoms with Gasteiger partial charge in [0.15, 0.2) is 25.0 Å². The van der Waals surface area contributed by atoms with Crippen LogP contribution in [0.15, 0.2) is 54.6 Å². The van der Waals surface area contributed by atoms with Crippen LogP contribution in [0.5, 0.6) is 5.75 Å². The van der Waals surface area contributed by atoms with E-state index in [0.717, 1.165) is 31.1 Å². The first kappa shape index (κ1) is 32.0. The van der Waals surface area contributed by atoms with Gasteiger partial charge in [0, 0.05) is 51.5 Å². The summed E-state index contributed by atoms with van der Waals surface area (Å²) in [5.74, 6) is 0.583. The average molecular weight is 638 g/mol. The maximum atomic E-state index is 14.0. The molecule has 0 bridgehead atoms. The molecule has 0 spiro atoms.